The topological polar surface area (TPSA) is 88.4 Å². The Bertz CT molecular complexity index is 1040. The lowest BCUT2D eigenvalue weighted by molar-refractivity contribution is 0.0112. The fourth-order valence-electron chi connectivity index (χ4n) is 3.87. The van der Waals surface area contributed by atoms with Gasteiger partial charge in [-0.1, -0.05) is 43.7 Å². The van der Waals surface area contributed by atoms with E-state index < -0.39 is 0 Å². The Kier molecular flexibility index (Phi) is 7.07. The second-order valence-corrected chi connectivity index (χ2v) is 7.87. The highest BCUT2D eigenvalue weighted by Gasteiger charge is 2.30. The summed E-state index contributed by atoms with van der Waals surface area (Å²) in [5.74, 6) is -0.460. The number of unbranched alkanes of at least 4 members (excludes halogenated alkanes) is 1. The maximum Gasteiger partial charge on any atom is 0.278 e. The lowest BCUT2D eigenvalue weighted by Crippen LogP contribution is -2.34. The minimum absolute atomic E-state index is 0.196. The number of anilines is 1. The Morgan fingerprint density at radius 3 is 2.69 bits per heavy atom. The molecule has 3 aromatic rings. The predicted molar refractivity (Wildman–Crippen MR) is 122 cm³/mol. The first-order valence-corrected chi connectivity index (χ1v) is 11.2. The molecular formula is C25H28N4O3. The summed E-state index contributed by atoms with van der Waals surface area (Å²) in [6, 6.07) is 13.0. The van der Waals surface area contributed by atoms with Crippen LogP contribution in [-0.2, 0) is 4.74 Å². The highest BCUT2D eigenvalue weighted by Crippen LogP contribution is 2.34. The van der Waals surface area contributed by atoms with Crippen molar-refractivity contribution in [1.29, 1.82) is 0 Å². The summed E-state index contributed by atoms with van der Waals surface area (Å²) in [5, 5.41) is 10.7. The summed E-state index contributed by atoms with van der Waals surface area (Å²) in [5.41, 5.74) is 2.31. The monoisotopic (exact) mass is 432 g/mol. The van der Waals surface area contributed by atoms with Gasteiger partial charge in [0.2, 0.25) is 5.88 Å². The fourth-order valence-corrected chi connectivity index (χ4v) is 3.87. The SMILES string of the molecule is CCCCN(C(=O)c1nc(-c2ccccc2)c(O)nc1C1CCCCO1)c1cccnc1. The normalized spacial score (nSPS) is 16.0. The number of rotatable bonds is 7. The number of ether oxygens (including phenoxy) is 1. The van der Waals surface area contributed by atoms with Gasteiger partial charge in [0.05, 0.1) is 11.9 Å². The van der Waals surface area contributed by atoms with Gasteiger partial charge < -0.3 is 14.7 Å². The molecule has 0 bridgehead atoms. The van der Waals surface area contributed by atoms with Crippen molar-refractivity contribution in [1.82, 2.24) is 15.0 Å². The zero-order valence-corrected chi connectivity index (χ0v) is 18.3. The van der Waals surface area contributed by atoms with Crippen molar-refractivity contribution in [2.45, 2.75) is 45.1 Å². The second kappa shape index (κ2) is 10.3. The summed E-state index contributed by atoms with van der Waals surface area (Å²) < 4.78 is 5.93. The van der Waals surface area contributed by atoms with E-state index in [1.807, 2.05) is 42.5 Å². The number of nitrogens with zero attached hydrogens (tertiary/aromatic N) is 4. The third kappa shape index (κ3) is 4.78. The first-order chi connectivity index (χ1) is 15.7. The summed E-state index contributed by atoms with van der Waals surface area (Å²) in [6.45, 7) is 3.22. The largest absolute Gasteiger partial charge is 0.492 e. The number of pyridine rings is 1. The van der Waals surface area contributed by atoms with Gasteiger partial charge in [0, 0.05) is 24.9 Å². The van der Waals surface area contributed by atoms with Gasteiger partial charge in [-0.15, -0.1) is 0 Å². The van der Waals surface area contributed by atoms with Crippen LogP contribution >= 0.6 is 0 Å². The van der Waals surface area contributed by atoms with Crippen molar-refractivity contribution in [2.75, 3.05) is 18.1 Å². The molecule has 1 amide bonds. The van der Waals surface area contributed by atoms with Crippen molar-refractivity contribution >= 4 is 11.6 Å². The Labute approximate surface area is 188 Å². The molecule has 32 heavy (non-hydrogen) atoms. The molecule has 7 nitrogen and oxygen atoms in total. The van der Waals surface area contributed by atoms with E-state index in [1.54, 1.807) is 17.3 Å². The molecule has 1 aliphatic heterocycles. The Hall–Kier alpha value is -3.32. The molecule has 1 unspecified atom stereocenters. The predicted octanol–water partition coefficient (Wildman–Crippen LogP) is 4.93. The first-order valence-electron chi connectivity index (χ1n) is 11.2. The van der Waals surface area contributed by atoms with Gasteiger partial charge in [-0.05, 0) is 37.8 Å². The molecule has 1 atom stereocenters. The molecule has 0 aliphatic carbocycles. The standard InChI is InChI=1S/C25H28N4O3/c1-2-3-15-29(19-12-9-14-26-17-19)25(31)23-22(20-13-7-8-16-32-20)28-24(30)21(27-23)18-10-5-4-6-11-18/h4-6,9-12,14,17,20H,2-3,7-8,13,15-16H2,1H3,(H,28,30). The van der Waals surface area contributed by atoms with Gasteiger partial charge in [0.25, 0.3) is 5.91 Å². The molecule has 0 spiro atoms. The van der Waals surface area contributed by atoms with Crippen LogP contribution in [0.25, 0.3) is 11.3 Å². The van der Waals surface area contributed by atoms with Crippen LogP contribution in [-0.4, -0.2) is 39.1 Å². The molecule has 7 heteroatoms. The van der Waals surface area contributed by atoms with Crippen LogP contribution in [0.1, 0.15) is 61.3 Å². The minimum Gasteiger partial charge on any atom is -0.492 e. The van der Waals surface area contributed by atoms with E-state index in [9.17, 15) is 9.90 Å². The van der Waals surface area contributed by atoms with E-state index in [2.05, 4.69) is 21.9 Å². The molecule has 0 radical (unpaired) electrons. The number of aromatic nitrogens is 3. The quantitative estimate of drug-likeness (QED) is 0.569. The molecule has 1 aliphatic rings. The van der Waals surface area contributed by atoms with E-state index in [4.69, 9.17) is 4.74 Å². The van der Waals surface area contributed by atoms with Crippen LogP contribution in [0.2, 0.25) is 0 Å². The third-order valence-electron chi connectivity index (χ3n) is 5.58. The van der Waals surface area contributed by atoms with E-state index in [0.29, 0.717) is 30.1 Å². The summed E-state index contributed by atoms with van der Waals surface area (Å²) >= 11 is 0. The van der Waals surface area contributed by atoms with Gasteiger partial charge in [-0.3, -0.25) is 9.78 Å². The summed E-state index contributed by atoms with van der Waals surface area (Å²) in [6.07, 6.45) is 7.46. The van der Waals surface area contributed by atoms with Gasteiger partial charge >= 0.3 is 0 Å². The first kappa shape index (κ1) is 21.9. The molecule has 0 saturated carbocycles. The molecule has 166 valence electrons. The highest BCUT2D eigenvalue weighted by atomic mass is 16.5. The average molecular weight is 433 g/mol. The molecule has 1 aromatic carbocycles. The number of aromatic hydroxyl groups is 1. The maximum atomic E-state index is 13.9. The van der Waals surface area contributed by atoms with E-state index in [-0.39, 0.29) is 29.3 Å². The van der Waals surface area contributed by atoms with Gasteiger partial charge in [-0.2, -0.15) is 0 Å². The summed E-state index contributed by atoms with van der Waals surface area (Å²) in [4.78, 5) is 28.9. The zero-order chi connectivity index (χ0) is 22.3. The van der Waals surface area contributed by atoms with Crippen molar-refractivity contribution in [3.63, 3.8) is 0 Å². The van der Waals surface area contributed by atoms with Crippen molar-refractivity contribution < 1.29 is 14.6 Å². The van der Waals surface area contributed by atoms with E-state index in [0.717, 1.165) is 32.1 Å². The van der Waals surface area contributed by atoms with E-state index >= 15 is 0 Å². The Morgan fingerprint density at radius 2 is 2.00 bits per heavy atom. The molecule has 2 aromatic heterocycles. The van der Waals surface area contributed by atoms with Crippen LogP contribution in [0.15, 0.2) is 54.9 Å². The zero-order valence-electron chi connectivity index (χ0n) is 18.3. The van der Waals surface area contributed by atoms with Crippen molar-refractivity contribution in [3.05, 3.63) is 66.2 Å². The van der Waals surface area contributed by atoms with E-state index in [1.165, 1.54) is 0 Å². The number of carbonyl (C=O) groups excluding carboxylic acids is 1. The van der Waals surface area contributed by atoms with Crippen molar-refractivity contribution in [2.24, 2.45) is 0 Å². The third-order valence-corrected chi connectivity index (χ3v) is 5.58. The van der Waals surface area contributed by atoms with Crippen LogP contribution in [0, 0.1) is 0 Å². The Balaban J connectivity index is 1.82. The molecule has 1 saturated heterocycles. The van der Waals surface area contributed by atoms with Crippen molar-refractivity contribution in [3.8, 4) is 17.1 Å². The van der Waals surface area contributed by atoms with Gasteiger partial charge in [0.1, 0.15) is 17.5 Å². The van der Waals surface area contributed by atoms with Gasteiger partial charge in [0.15, 0.2) is 5.69 Å². The Morgan fingerprint density at radius 1 is 1.16 bits per heavy atom. The second-order valence-electron chi connectivity index (χ2n) is 7.87. The van der Waals surface area contributed by atoms with Crippen LogP contribution in [0.5, 0.6) is 5.88 Å². The number of hydrogen-bond donors (Lipinski definition) is 1. The molecule has 3 heterocycles. The maximum absolute atomic E-state index is 13.9. The fraction of sp³-hybridized carbons (Fsp3) is 0.360. The van der Waals surface area contributed by atoms with Crippen LogP contribution in [0.3, 0.4) is 0 Å². The molecule has 4 rings (SSSR count). The number of benzene rings is 1. The van der Waals surface area contributed by atoms with Gasteiger partial charge in [-0.25, -0.2) is 9.97 Å². The summed E-state index contributed by atoms with van der Waals surface area (Å²) in [7, 11) is 0. The number of hydrogen-bond acceptors (Lipinski definition) is 6. The number of carbonyl (C=O) groups is 1. The van der Waals surface area contributed by atoms with Crippen LogP contribution in [0.4, 0.5) is 5.69 Å². The average Bonchev–Trinajstić information content (AvgIpc) is 2.85. The molecule has 1 fully saturated rings. The number of amides is 1. The van der Waals surface area contributed by atoms with Crippen LogP contribution < -0.4 is 4.90 Å². The highest BCUT2D eigenvalue weighted by molar-refractivity contribution is 6.05. The lowest BCUT2D eigenvalue weighted by Gasteiger charge is -2.27. The molecule has 1 N–H and O–H groups in total. The smallest absolute Gasteiger partial charge is 0.278 e. The molecular weight excluding hydrogens is 404 g/mol. The minimum atomic E-state index is -0.368. The lowest BCUT2D eigenvalue weighted by atomic mass is 10.0.